The molecule has 0 N–H and O–H groups in total. The van der Waals surface area contributed by atoms with Gasteiger partial charge in [-0.05, 0) is 12.8 Å². The minimum absolute atomic E-state index is 0. The molecular weight excluding hydrogens is 223 g/mol. The van der Waals surface area contributed by atoms with E-state index in [1.165, 1.54) is 0 Å². The van der Waals surface area contributed by atoms with Crippen LogP contribution >= 0.6 is 0 Å². The van der Waals surface area contributed by atoms with E-state index in [0.29, 0.717) is 10.7 Å². The second-order valence-corrected chi connectivity index (χ2v) is 5.07. The Hall–Kier alpha value is 0.327. The Labute approximate surface area is 100 Å². The van der Waals surface area contributed by atoms with Crippen LogP contribution in [0.1, 0.15) is 19.3 Å². The van der Waals surface area contributed by atoms with Crippen molar-refractivity contribution in [3.63, 3.8) is 0 Å². The van der Waals surface area contributed by atoms with Gasteiger partial charge < -0.3 is 4.55 Å². The molecule has 0 radical (unpaired) electrons. The van der Waals surface area contributed by atoms with Crippen LogP contribution in [0.5, 0.6) is 0 Å². The Balaban J connectivity index is 0.00000196. The molecule has 0 amide bonds. The van der Waals surface area contributed by atoms with E-state index < -0.39 is 28.7 Å². The third kappa shape index (κ3) is 4.00. The summed E-state index contributed by atoms with van der Waals surface area (Å²) in [4.78, 5) is 0. The molecule has 0 spiro atoms. The molecule has 0 aromatic rings. The van der Waals surface area contributed by atoms with E-state index in [1.807, 2.05) is 0 Å². The fourth-order valence-electron chi connectivity index (χ4n) is 1.63. The van der Waals surface area contributed by atoms with Gasteiger partial charge in [-0.2, -0.15) is 0 Å². The minimum Gasteiger partial charge on any atom is -0.735 e. The summed E-state index contributed by atoms with van der Waals surface area (Å²) < 4.78 is 57.9. The van der Waals surface area contributed by atoms with Crippen molar-refractivity contribution in [1.82, 2.24) is 4.31 Å². The molecule has 4 nitrogen and oxygen atoms in total. The van der Waals surface area contributed by atoms with Crippen molar-refractivity contribution in [2.24, 2.45) is 5.92 Å². The van der Waals surface area contributed by atoms with E-state index in [4.69, 9.17) is 0 Å². The van der Waals surface area contributed by atoms with Crippen LogP contribution in [0.3, 0.4) is 0 Å². The van der Waals surface area contributed by atoms with E-state index in [-0.39, 0.29) is 31.7 Å². The van der Waals surface area contributed by atoms with Gasteiger partial charge in [-0.15, -0.1) is 0 Å². The van der Waals surface area contributed by atoms with Crippen LogP contribution in [-0.4, -0.2) is 36.8 Å². The average Bonchev–Trinajstić information content (AvgIpc) is 2.29. The molecule has 1 unspecified atom stereocenters. The molecule has 8 heteroatoms. The molecule has 0 heterocycles. The molecular formula is C7H12F2LiNO3S. The molecule has 0 saturated heterocycles. The number of rotatable bonds is 3. The molecule has 15 heavy (non-hydrogen) atoms. The maximum atomic E-state index is 13.0. The van der Waals surface area contributed by atoms with Crippen LogP contribution < -0.4 is 18.9 Å². The summed E-state index contributed by atoms with van der Waals surface area (Å²) in [6.07, 6.45) is 0.432. The van der Waals surface area contributed by atoms with Crippen molar-refractivity contribution >= 4 is 10.3 Å². The Morgan fingerprint density at radius 3 is 2.40 bits per heavy atom. The Kier molecular flexibility index (Phi) is 5.22. The molecule has 84 valence electrons. The second kappa shape index (κ2) is 5.10. The van der Waals surface area contributed by atoms with E-state index in [2.05, 4.69) is 0 Å². The Bertz CT molecular complexity index is 309. The molecule has 1 fully saturated rings. The van der Waals surface area contributed by atoms with E-state index in [1.54, 1.807) is 0 Å². The molecule has 0 aromatic heterocycles. The molecule has 0 bridgehead atoms. The van der Waals surface area contributed by atoms with Gasteiger partial charge in [0, 0.05) is 25.9 Å². The SMILES string of the molecule is CN(CC1CCCC1(F)F)S(=O)(=O)[O-].[Li+]. The van der Waals surface area contributed by atoms with Gasteiger partial charge in [0.1, 0.15) is 0 Å². The number of nitrogens with zero attached hydrogens (tertiary/aromatic N) is 1. The van der Waals surface area contributed by atoms with Gasteiger partial charge in [0.2, 0.25) is 0 Å². The second-order valence-electron chi connectivity index (χ2n) is 3.59. The van der Waals surface area contributed by atoms with E-state index in [9.17, 15) is 21.8 Å². The zero-order chi connectivity index (χ0) is 11.0. The van der Waals surface area contributed by atoms with Crippen LogP contribution in [0, 0.1) is 5.92 Å². The topological polar surface area (TPSA) is 60.4 Å². The van der Waals surface area contributed by atoms with Crippen molar-refractivity contribution < 1.29 is 40.6 Å². The monoisotopic (exact) mass is 235 g/mol. The molecule has 0 aliphatic heterocycles. The standard InChI is InChI=1S/C7H13F2NO3S.Li/c1-10(14(11,12)13)5-6-3-2-4-7(6,8)9;/h6H,2-5H2,1H3,(H,11,12,13);/q;+1/p-1. The van der Waals surface area contributed by atoms with Gasteiger partial charge in [0.15, 0.2) is 10.3 Å². The summed E-state index contributed by atoms with van der Waals surface area (Å²) in [7, 11) is -3.57. The zero-order valence-electron chi connectivity index (χ0n) is 8.74. The number of halogens is 2. The van der Waals surface area contributed by atoms with Crippen molar-refractivity contribution in [1.29, 1.82) is 0 Å². The van der Waals surface area contributed by atoms with Crippen molar-refractivity contribution in [2.45, 2.75) is 25.2 Å². The maximum Gasteiger partial charge on any atom is 1.00 e. The van der Waals surface area contributed by atoms with Gasteiger partial charge in [-0.25, -0.2) is 21.5 Å². The normalized spacial score (nSPS) is 25.3. The molecule has 1 atom stereocenters. The quantitative estimate of drug-likeness (QED) is 0.412. The first-order chi connectivity index (χ1) is 6.23. The maximum absolute atomic E-state index is 13.0. The van der Waals surface area contributed by atoms with Crippen LogP contribution in [-0.2, 0) is 10.3 Å². The van der Waals surface area contributed by atoms with Crippen LogP contribution in [0.4, 0.5) is 8.78 Å². The van der Waals surface area contributed by atoms with Gasteiger partial charge in [-0.1, -0.05) is 0 Å². The summed E-state index contributed by atoms with van der Waals surface area (Å²) in [5.41, 5.74) is 0. The van der Waals surface area contributed by atoms with Gasteiger partial charge in [0.05, 0.1) is 0 Å². The molecule has 1 saturated carbocycles. The first-order valence-corrected chi connectivity index (χ1v) is 5.65. The number of alkyl halides is 2. The largest absolute Gasteiger partial charge is 1.00 e. The van der Waals surface area contributed by atoms with Crippen LogP contribution in [0.15, 0.2) is 0 Å². The Morgan fingerprint density at radius 1 is 1.53 bits per heavy atom. The summed E-state index contributed by atoms with van der Waals surface area (Å²) in [5, 5.41) is 0. The summed E-state index contributed by atoms with van der Waals surface area (Å²) in [5.74, 6) is -3.85. The van der Waals surface area contributed by atoms with Crippen molar-refractivity contribution in [2.75, 3.05) is 13.6 Å². The third-order valence-electron chi connectivity index (χ3n) is 2.52. The van der Waals surface area contributed by atoms with Gasteiger partial charge >= 0.3 is 18.9 Å². The minimum atomic E-state index is -4.59. The van der Waals surface area contributed by atoms with E-state index >= 15 is 0 Å². The van der Waals surface area contributed by atoms with Crippen molar-refractivity contribution in [3.8, 4) is 0 Å². The van der Waals surface area contributed by atoms with Crippen molar-refractivity contribution in [3.05, 3.63) is 0 Å². The molecule has 1 aliphatic carbocycles. The fourth-order valence-corrected chi connectivity index (χ4v) is 1.99. The summed E-state index contributed by atoms with van der Waals surface area (Å²) >= 11 is 0. The summed E-state index contributed by atoms with van der Waals surface area (Å²) in [6.45, 7) is -0.390. The van der Waals surface area contributed by atoms with E-state index in [0.717, 1.165) is 7.05 Å². The first kappa shape index (κ1) is 15.3. The third-order valence-corrected chi connectivity index (χ3v) is 3.43. The van der Waals surface area contributed by atoms with Gasteiger partial charge in [-0.3, -0.25) is 0 Å². The summed E-state index contributed by atoms with van der Waals surface area (Å²) in [6, 6.07) is 0. The molecule has 1 aliphatic rings. The predicted octanol–water partition coefficient (Wildman–Crippen LogP) is -2.18. The fraction of sp³-hybridized carbons (Fsp3) is 1.00. The zero-order valence-corrected chi connectivity index (χ0v) is 9.56. The first-order valence-electron chi connectivity index (χ1n) is 4.28. The molecule has 1 rings (SSSR count). The van der Waals surface area contributed by atoms with Crippen LogP contribution in [0.2, 0.25) is 0 Å². The number of hydrogen-bond donors (Lipinski definition) is 0. The Morgan fingerprint density at radius 2 is 2.07 bits per heavy atom. The molecule has 0 aromatic carbocycles. The number of hydrogen-bond acceptors (Lipinski definition) is 3. The van der Waals surface area contributed by atoms with Gasteiger partial charge in [0.25, 0.3) is 5.92 Å². The smallest absolute Gasteiger partial charge is 0.735 e. The average molecular weight is 235 g/mol. The predicted molar refractivity (Wildman–Crippen MR) is 44.6 cm³/mol. The van der Waals surface area contributed by atoms with Crippen LogP contribution in [0.25, 0.3) is 0 Å².